The number of anilines is 2. The van der Waals surface area contributed by atoms with Crippen molar-refractivity contribution >= 4 is 33.2 Å². The average molecular weight is 625 g/mol. The van der Waals surface area contributed by atoms with Crippen molar-refractivity contribution in [2.75, 3.05) is 23.3 Å². The molecule has 2 aliphatic rings. The Morgan fingerprint density at radius 1 is 0.522 bits per heavy atom. The Morgan fingerprint density at radius 3 is 1.35 bits per heavy atom. The van der Waals surface area contributed by atoms with Crippen molar-refractivity contribution in [2.24, 2.45) is 0 Å². The van der Waals surface area contributed by atoms with Crippen molar-refractivity contribution < 1.29 is 27.0 Å². The number of ether oxygens (including phenoxy) is 2. The van der Waals surface area contributed by atoms with Crippen LogP contribution in [0.25, 0.3) is 21.8 Å². The fourth-order valence-corrected chi connectivity index (χ4v) is 5.66. The van der Waals surface area contributed by atoms with Gasteiger partial charge in [0.15, 0.2) is 48.2 Å². The molecular weight excluding hydrogens is 596 g/mol. The number of pyridine rings is 2. The molecule has 0 unspecified atom stereocenters. The van der Waals surface area contributed by atoms with E-state index in [0.717, 1.165) is 68.0 Å². The number of hydrogen-bond donors (Lipinski definition) is 0. The van der Waals surface area contributed by atoms with Crippen LogP contribution in [0.2, 0.25) is 0 Å². The smallest absolute Gasteiger partial charge is 0.161 e. The molecule has 2 aliphatic heterocycles. The standard InChI is InChI=1S/2C18H14F2N2O/c2*1-11-2-3-12-4-5-13-9-22(10-23-18(13)17(12)21-11)14-6-7-15(19)16(20)8-14/h2*2-8H,9-10H2,1H3. The van der Waals surface area contributed by atoms with Gasteiger partial charge in [0.05, 0.1) is 0 Å². The lowest BCUT2D eigenvalue weighted by Crippen LogP contribution is -2.32. The van der Waals surface area contributed by atoms with Crippen LogP contribution in [-0.4, -0.2) is 23.4 Å². The summed E-state index contributed by atoms with van der Waals surface area (Å²) in [5.74, 6) is -1.88. The molecule has 0 aliphatic carbocycles. The number of rotatable bonds is 2. The molecule has 0 fully saturated rings. The number of aryl methyl sites for hydroxylation is 2. The molecule has 8 rings (SSSR count). The maximum atomic E-state index is 13.4. The molecule has 0 saturated heterocycles. The summed E-state index contributed by atoms with van der Waals surface area (Å²) in [5, 5.41) is 2.05. The third kappa shape index (κ3) is 5.62. The van der Waals surface area contributed by atoms with Crippen molar-refractivity contribution in [1.29, 1.82) is 0 Å². The van der Waals surface area contributed by atoms with Crippen LogP contribution in [0.1, 0.15) is 22.5 Å². The van der Waals surface area contributed by atoms with Crippen LogP contribution in [0.4, 0.5) is 28.9 Å². The van der Waals surface area contributed by atoms with Gasteiger partial charge in [-0.15, -0.1) is 0 Å². The van der Waals surface area contributed by atoms with Crippen LogP contribution in [0, 0.1) is 37.1 Å². The molecule has 2 aromatic heterocycles. The summed E-state index contributed by atoms with van der Waals surface area (Å²) in [6, 6.07) is 23.7. The highest BCUT2D eigenvalue weighted by molar-refractivity contribution is 5.87. The van der Waals surface area contributed by atoms with Gasteiger partial charge in [0, 0.05) is 69.9 Å². The van der Waals surface area contributed by atoms with Gasteiger partial charge in [-0.05, 0) is 50.2 Å². The minimum atomic E-state index is -0.857. The largest absolute Gasteiger partial charge is 0.470 e. The van der Waals surface area contributed by atoms with Crippen LogP contribution >= 0.6 is 0 Å². The SMILES string of the molecule is Cc1ccc2ccc3c(c2n1)OCN(c1ccc(F)c(F)c1)C3.Cc1ccc2ccc3c(c2n1)OCN(c1ccc(F)c(F)c1)C3. The lowest BCUT2D eigenvalue weighted by atomic mass is 10.1. The second kappa shape index (κ2) is 11.8. The summed E-state index contributed by atoms with van der Waals surface area (Å²) in [4.78, 5) is 12.8. The van der Waals surface area contributed by atoms with E-state index >= 15 is 0 Å². The molecule has 0 radical (unpaired) electrons. The van der Waals surface area contributed by atoms with Crippen molar-refractivity contribution in [2.45, 2.75) is 26.9 Å². The zero-order valence-corrected chi connectivity index (χ0v) is 25.0. The van der Waals surface area contributed by atoms with Gasteiger partial charge in [-0.25, -0.2) is 27.5 Å². The Balaban J connectivity index is 0.000000147. The molecule has 0 amide bonds. The summed E-state index contributed by atoms with van der Waals surface area (Å²) in [6.07, 6.45) is 0. The minimum Gasteiger partial charge on any atom is -0.470 e. The Labute approximate surface area is 262 Å². The molecular formula is C36H28F4N4O2. The van der Waals surface area contributed by atoms with Crippen molar-refractivity contribution in [3.8, 4) is 11.5 Å². The van der Waals surface area contributed by atoms with Gasteiger partial charge in [-0.1, -0.05) is 36.4 Å². The molecule has 46 heavy (non-hydrogen) atoms. The van der Waals surface area contributed by atoms with E-state index in [0.29, 0.717) is 24.5 Å². The lowest BCUT2D eigenvalue weighted by molar-refractivity contribution is 0.292. The number of hydrogen-bond acceptors (Lipinski definition) is 6. The molecule has 10 heteroatoms. The number of benzene rings is 4. The third-order valence-corrected chi connectivity index (χ3v) is 8.06. The van der Waals surface area contributed by atoms with E-state index in [1.807, 2.05) is 72.2 Å². The molecule has 6 aromatic rings. The average Bonchev–Trinajstić information content (AvgIpc) is 3.07. The number of fused-ring (bicyclic) bond motifs is 6. The Bertz CT molecular complexity index is 1970. The fourth-order valence-electron chi connectivity index (χ4n) is 5.66. The number of halogens is 4. The second-order valence-corrected chi connectivity index (χ2v) is 11.3. The highest BCUT2D eigenvalue weighted by Crippen LogP contribution is 2.36. The summed E-state index contributed by atoms with van der Waals surface area (Å²) >= 11 is 0. The molecule has 0 spiro atoms. The second-order valence-electron chi connectivity index (χ2n) is 11.3. The molecule has 0 atom stereocenters. The molecule has 4 aromatic carbocycles. The Morgan fingerprint density at radius 2 is 0.935 bits per heavy atom. The summed E-state index contributed by atoms with van der Waals surface area (Å²) in [5.41, 5.74) is 6.67. The van der Waals surface area contributed by atoms with Crippen LogP contribution in [-0.2, 0) is 13.1 Å². The van der Waals surface area contributed by atoms with Crippen molar-refractivity contribution in [1.82, 2.24) is 9.97 Å². The third-order valence-electron chi connectivity index (χ3n) is 8.06. The molecule has 0 bridgehead atoms. The van der Waals surface area contributed by atoms with E-state index in [-0.39, 0.29) is 13.5 Å². The minimum absolute atomic E-state index is 0.271. The van der Waals surface area contributed by atoms with E-state index in [9.17, 15) is 17.6 Å². The van der Waals surface area contributed by atoms with Crippen LogP contribution < -0.4 is 19.3 Å². The van der Waals surface area contributed by atoms with E-state index in [1.165, 1.54) is 12.1 Å². The Kier molecular flexibility index (Phi) is 7.56. The Hall–Kier alpha value is -5.38. The zero-order chi connectivity index (χ0) is 31.9. The lowest BCUT2D eigenvalue weighted by Gasteiger charge is -2.31. The van der Waals surface area contributed by atoms with E-state index in [4.69, 9.17) is 9.47 Å². The van der Waals surface area contributed by atoms with Gasteiger partial charge in [-0.3, -0.25) is 0 Å². The first kappa shape index (κ1) is 29.3. The van der Waals surface area contributed by atoms with Crippen LogP contribution in [0.15, 0.2) is 84.9 Å². The molecule has 232 valence electrons. The summed E-state index contributed by atoms with van der Waals surface area (Å²) < 4.78 is 64.8. The van der Waals surface area contributed by atoms with E-state index in [1.54, 1.807) is 12.1 Å². The molecule has 0 N–H and O–H groups in total. The number of nitrogens with zero attached hydrogens (tertiary/aromatic N) is 4. The first-order chi connectivity index (χ1) is 22.2. The maximum absolute atomic E-state index is 13.4. The predicted molar refractivity (Wildman–Crippen MR) is 169 cm³/mol. The van der Waals surface area contributed by atoms with Gasteiger partial charge in [0.2, 0.25) is 0 Å². The first-order valence-electron chi connectivity index (χ1n) is 14.7. The van der Waals surface area contributed by atoms with Crippen LogP contribution in [0.5, 0.6) is 11.5 Å². The normalized spacial score (nSPS) is 13.8. The number of aromatic nitrogens is 2. The summed E-state index contributed by atoms with van der Waals surface area (Å²) in [7, 11) is 0. The van der Waals surface area contributed by atoms with Crippen LogP contribution in [0.3, 0.4) is 0 Å². The predicted octanol–water partition coefficient (Wildman–Crippen LogP) is 8.36. The van der Waals surface area contributed by atoms with E-state index < -0.39 is 23.3 Å². The van der Waals surface area contributed by atoms with Gasteiger partial charge in [-0.2, -0.15) is 0 Å². The molecule has 0 saturated carbocycles. The van der Waals surface area contributed by atoms with E-state index in [2.05, 4.69) is 9.97 Å². The van der Waals surface area contributed by atoms with Crippen molar-refractivity contribution in [3.63, 3.8) is 0 Å². The highest BCUT2D eigenvalue weighted by atomic mass is 19.2. The highest BCUT2D eigenvalue weighted by Gasteiger charge is 2.23. The van der Waals surface area contributed by atoms with Crippen molar-refractivity contribution in [3.05, 3.63) is 131 Å². The molecule has 6 nitrogen and oxygen atoms in total. The summed E-state index contributed by atoms with van der Waals surface area (Å²) in [6.45, 7) is 5.54. The maximum Gasteiger partial charge on any atom is 0.161 e. The van der Waals surface area contributed by atoms with Gasteiger partial charge in [0.1, 0.15) is 11.0 Å². The topological polar surface area (TPSA) is 50.7 Å². The van der Waals surface area contributed by atoms with Gasteiger partial charge >= 0.3 is 0 Å². The fraction of sp³-hybridized carbons (Fsp3) is 0.167. The van der Waals surface area contributed by atoms with Gasteiger partial charge < -0.3 is 19.3 Å². The zero-order valence-electron chi connectivity index (χ0n) is 25.0. The quantitative estimate of drug-likeness (QED) is 0.181. The van der Waals surface area contributed by atoms with Gasteiger partial charge in [0.25, 0.3) is 0 Å². The molecule has 4 heterocycles. The monoisotopic (exact) mass is 624 g/mol. The first-order valence-corrected chi connectivity index (χ1v) is 14.7.